The lowest BCUT2D eigenvalue weighted by Crippen LogP contribution is -2.08. The molecule has 5 nitrogen and oxygen atoms in total. The standard InChI is InChI=1S/C15H19N3O2/c1-3-20-14-9-11-17-15(18-14)16-10-8-12-4-6-13(19-2)7-5-12/h4-7,9,11H,3,8,10H2,1-2H3,(H,16,17,18). The fourth-order valence-corrected chi connectivity index (χ4v) is 1.77. The first-order chi connectivity index (χ1) is 9.81. The molecule has 0 bridgehead atoms. The number of nitrogens with zero attached hydrogens (tertiary/aromatic N) is 2. The molecule has 5 heteroatoms. The molecular weight excluding hydrogens is 254 g/mol. The largest absolute Gasteiger partial charge is 0.497 e. The molecule has 0 saturated heterocycles. The fraction of sp³-hybridized carbons (Fsp3) is 0.333. The van der Waals surface area contributed by atoms with Gasteiger partial charge in [0.15, 0.2) is 0 Å². The number of hydrogen-bond acceptors (Lipinski definition) is 5. The van der Waals surface area contributed by atoms with Crippen molar-refractivity contribution in [3.05, 3.63) is 42.1 Å². The summed E-state index contributed by atoms with van der Waals surface area (Å²) in [6.07, 6.45) is 2.58. The van der Waals surface area contributed by atoms with E-state index >= 15 is 0 Å². The number of aromatic nitrogens is 2. The molecule has 0 aliphatic rings. The summed E-state index contributed by atoms with van der Waals surface area (Å²) >= 11 is 0. The van der Waals surface area contributed by atoms with Crippen LogP contribution in [-0.2, 0) is 6.42 Å². The van der Waals surface area contributed by atoms with Gasteiger partial charge in [0.2, 0.25) is 11.8 Å². The van der Waals surface area contributed by atoms with Crippen LogP contribution in [0, 0.1) is 0 Å². The number of hydrogen-bond donors (Lipinski definition) is 1. The normalized spacial score (nSPS) is 10.1. The van der Waals surface area contributed by atoms with Gasteiger partial charge in [-0.25, -0.2) is 4.98 Å². The Balaban J connectivity index is 1.84. The highest BCUT2D eigenvalue weighted by Gasteiger charge is 2.00. The first-order valence-electron chi connectivity index (χ1n) is 6.64. The van der Waals surface area contributed by atoms with Crippen LogP contribution >= 0.6 is 0 Å². The van der Waals surface area contributed by atoms with Crippen LogP contribution in [0.1, 0.15) is 12.5 Å². The number of anilines is 1. The van der Waals surface area contributed by atoms with E-state index in [4.69, 9.17) is 9.47 Å². The monoisotopic (exact) mass is 273 g/mol. The minimum atomic E-state index is 0.587. The summed E-state index contributed by atoms with van der Waals surface area (Å²) in [7, 11) is 1.67. The summed E-state index contributed by atoms with van der Waals surface area (Å²) in [5.41, 5.74) is 1.24. The molecule has 20 heavy (non-hydrogen) atoms. The molecule has 0 spiro atoms. The summed E-state index contributed by atoms with van der Waals surface area (Å²) in [6.45, 7) is 3.29. The van der Waals surface area contributed by atoms with E-state index in [0.29, 0.717) is 18.4 Å². The van der Waals surface area contributed by atoms with Crippen molar-refractivity contribution < 1.29 is 9.47 Å². The summed E-state index contributed by atoms with van der Waals surface area (Å²) < 4.78 is 10.5. The number of benzene rings is 1. The Morgan fingerprint density at radius 2 is 1.95 bits per heavy atom. The van der Waals surface area contributed by atoms with Gasteiger partial charge in [-0.1, -0.05) is 12.1 Å². The van der Waals surface area contributed by atoms with E-state index in [1.54, 1.807) is 19.4 Å². The number of ether oxygens (including phenoxy) is 2. The van der Waals surface area contributed by atoms with Crippen molar-refractivity contribution in [3.63, 3.8) is 0 Å². The molecule has 0 radical (unpaired) electrons. The van der Waals surface area contributed by atoms with Gasteiger partial charge in [-0.2, -0.15) is 4.98 Å². The van der Waals surface area contributed by atoms with E-state index in [9.17, 15) is 0 Å². The Hall–Kier alpha value is -2.30. The lowest BCUT2D eigenvalue weighted by atomic mass is 10.1. The third-order valence-corrected chi connectivity index (χ3v) is 2.78. The van der Waals surface area contributed by atoms with Gasteiger partial charge in [0.05, 0.1) is 13.7 Å². The quantitative estimate of drug-likeness (QED) is 0.840. The second kappa shape index (κ2) is 7.33. The average molecular weight is 273 g/mol. The van der Waals surface area contributed by atoms with E-state index in [2.05, 4.69) is 27.4 Å². The first kappa shape index (κ1) is 14.1. The van der Waals surface area contributed by atoms with Crippen LogP contribution in [0.2, 0.25) is 0 Å². The van der Waals surface area contributed by atoms with Crippen LogP contribution in [0.15, 0.2) is 36.5 Å². The van der Waals surface area contributed by atoms with Crippen molar-refractivity contribution in [2.24, 2.45) is 0 Å². The third kappa shape index (κ3) is 4.12. The van der Waals surface area contributed by atoms with E-state index in [1.807, 2.05) is 19.1 Å². The molecule has 0 aliphatic carbocycles. The molecule has 2 rings (SSSR count). The van der Waals surface area contributed by atoms with Crippen molar-refractivity contribution in [2.75, 3.05) is 25.6 Å². The van der Waals surface area contributed by atoms with Crippen LogP contribution in [0.5, 0.6) is 11.6 Å². The van der Waals surface area contributed by atoms with E-state index in [-0.39, 0.29) is 0 Å². The highest BCUT2D eigenvalue weighted by Crippen LogP contribution is 2.12. The lowest BCUT2D eigenvalue weighted by Gasteiger charge is -2.07. The molecule has 0 amide bonds. The minimum absolute atomic E-state index is 0.587. The third-order valence-electron chi connectivity index (χ3n) is 2.78. The van der Waals surface area contributed by atoms with Crippen LogP contribution in [0.25, 0.3) is 0 Å². The van der Waals surface area contributed by atoms with Gasteiger partial charge in [0.25, 0.3) is 0 Å². The van der Waals surface area contributed by atoms with Gasteiger partial charge >= 0.3 is 0 Å². The first-order valence-corrected chi connectivity index (χ1v) is 6.64. The molecule has 1 heterocycles. The molecule has 0 aliphatic heterocycles. The van der Waals surface area contributed by atoms with Crippen molar-refractivity contribution >= 4 is 5.95 Å². The zero-order valence-electron chi connectivity index (χ0n) is 11.8. The second-order valence-corrected chi connectivity index (χ2v) is 4.18. The van der Waals surface area contributed by atoms with Crippen molar-refractivity contribution in [1.82, 2.24) is 9.97 Å². The summed E-state index contributed by atoms with van der Waals surface area (Å²) in [5, 5.41) is 3.19. The second-order valence-electron chi connectivity index (χ2n) is 4.18. The average Bonchev–Trinajstić information content (AvgIpc) is 2.49. The van der Waals surface area contributed by atoms with Gasteiger partial charge in [0.1, 0.15) is 5.75 Å². The molecule has 0 unspecified atom stereocenters. The fourth-order valence-electron chi connectivity index (χ4n) is 1.77. The molecule has 1 N–H and O–H groups in total. The highest BCUT2D eigenvalue weighted by molar-refractivity contribution is 5.30. The zero-order chi connectivity index (χ0) is 14.2. The van der Waals surface area contributed by atoms with E-state index in [1.165, 1.54) is 5.56 Å². The maximum absolute atomic E-state index is 5.33. The van der Waals surface area contributed by atoms with Gasteiger partial charge < -0.3 is 14.8 Å². The maximum Gasteiger partial charge on any atom is 0.225 e. The Kier molecular flexibility index (Phi) is 5.17. The Morgan fingerprint density at radius 3 is 2.65 bits per heavy atom. The molecule has 1 aromatic heterocycles. The van der Waals surface area contributed by atoms with E-state index in [0.717, 1.165) is 18.7 Å². The molecule has 1 aromatic carbocycles. The number of nitrogens with one attached hydrogen (secondary N) is 1. The minimum Gasteiger partial charge on any atom is -0.497 e. The van der Waals surface area contributed by atoms with Crippen molar-refractivity contribution in [3.8, 4) is 11.6 Å². The van der Waals surface area contributed by atoms with Gasteiger partial charge in [-0.05, 0) is 31.0 Å². The summed E-state index contributed by atoms with van der Waals surface area (Å²) in [4.78, 5) is 8.41. The highest BCUT2D eigenvalue weighted by atomic mass is 16.5. The van der Waals surface area contributed by atoms with Gasteiger partial charge in [0, 0.05) is 18.8 Å². The molecule has 0 saturated carbocycles. The summed E-state index contributed by atoms with van der Waals surface area (Å²) in [6, 6.07) is 9.78. The Bertz CT molecular complexity index is 529. The predicted molar refractivity (Wildman–Crippen MR) is 78.4 cm³/mol. The molecule has 0 atom stereocenters. The molecular formula is C15H19N3O2. The smallest absolute Gasteiger partial charge is 0.225 e. The topological polar surface area (TPSA) is 56.3 Å². The lowest BCUT2D eigenvalue weighted by molar-refractivity contribution is 0.326. The SMILES string of the molecule is CCOc1ccnc(NCCc2ccc(OC)cc2)n1. The number of rotatable bonds is 7. The van der Waals surface area contributed by atoms with Crippen LogP contribution in [0.3, 0.4) is 0 Å². The van der Waals surface area contributed by atoms with Crippen LogP contribution in [-0.4, -0.2) is 30.2 Å². The van der Waals surface area contributed by atoms with Crippen molar-refractivity contribution in [1.29, 1.82) is 0 Å². The summed E-state index contributed by atoms with van der Waals surface area (Å²) in [5.74, 6) is 2.05. The number of methoxy groups -OCH3 is 1. The zero-order valence-corrected chi connectivity index (χ0v) is 11.8. The maximum atomic E-state index is 5.33. The molecule has 106 valence electrons. The Morgan fingerprint density at radius 1 is 1.15 bits per heavy atom. The van der Waals surface area contributed by atoms with Gasteiger partial charge in [-0.3, -0.25) is 0 Å². The molecule has 2 aromatic rings. The Labute approximate surface area is 119 Å². The predicted octanol–water partition coefficient (Wildman–Crippen LogP) is 2.54. The van der Waals surface area contributed by atoms with E-state index < -0.39 is 0 Å². The van der Waals surface area contributed by atoms with Crippen LogP contribution < -0.4 is 14.8 Å². The van der Waals surface area contributed by atoms with Crippen molar-refractivity contribution in [2.45, 2.75) is 13.3 Å². The van der Waals surface area contributed by atoms with Gasteiger partial charge in [-0.15, -0.1) is 0 Å². The van der Waals surface area contributed by atoms with Crippen LogP contribution in [0.4, 0.5) is 5.95 Å². The molecule has 0 fully saturated rings.